The van der Waals surface area contributed by atoms with Crippen LogP contribution in [0.5, 0.6) is 5.75 Å². The Morgan fingerprint density at radius 3 is 2.13 bits per heavy atom. The Labute approximate surface area is 140 Å². The van der Waals surface area contributed by atoms with Gasteiger partial charge in [0, 0.05) is 5.02 Å². The largest absolute Gasteiger partial charge is 0.546 e. The molecule has 0 radical (unpaired) electrons. The second-order valence-electron chi connectivity index (χ2n) is 4.74. The van der Waals surface area contributed by atoms with Crippen LogP contribution >= 0.6 is 11.6 Å². The first kappa shape index (κ1) is 21.6. The number of rotatable bonds is 9. The zero-order valence-corrected chi connectivity index (χ0v) is 13.9. The van der Waals surface area contributed by atoms with Gasteiger partial charge in [0.25, 0.3) is 0 Å². The molecule has 1 aromatic carbocycles. The van der Waals surface area contributed by atoms with E-state index in [1.165, 1.54) is 0 Å². The van der Waals surface area contributed by atoms with Crippen molar-refractivity contribution in [2.75, 3.05) is 46.1 Å². The number of carbonyl (C=O) groups is 1. The second-order valence-corrected chi connectivity index (χ2v) is 5.18. The third kappa shape index (κ3) is 10.9. The van der Waals surface area contributed by atoms with Crippen molar-refractivity contribution in [1.29, 1.82) is 0 Å². The molecule has 23 heavy (non-hydrogen) atoms. The first-order chi connectivity index (χ1) is 10.9. The predicted molar refractivity (Wildman–Crippen MR) is 83.5 cm³/mol. The van der Waals surface area contributed by atoms with Crippen molar-refractivity contribution in [3.05, 3.63) is 28.8 Å². The van der Waals surface area contributed by atoms with E-state index < -0.39 is 12.6 Å². The van der Waals surface area contributed by atoms with E-state index in [1.807, 2.05) is 0 Å². The standard InChI is InChI=1S/C9H9ClO3.C6H15NO3/c1-6-2-3-7(10)4-8(6)13-5-9(11)12;8-4-1-7(2-5-9)3-6-10/h2-4H,5H2,1H3,(H,11,12);8-10H,1-6H2. The van der Waals surface area contributed by atoms with Crippen molar-refractivity contribution in [3.8, 4) is 5.75 Å². The van der Waals surface area contributed by atoms with Crippen molar-refractivity contribution < 1.29 is 34.9 Å². The number of ether oxygens (including phenoxy) is 1. The van der Waals surface area contributed by atoms with Gasteiger partial charge < -0.3 is 34.9 Å². The van der Waals surface area contributed by atoms with Gasteiger partial charge in [-0.3, -0.25) is 0 Å². The lowest BCUT2D eigenvalue weighted by Gasteiger charge is -2.15. The number of quaternary nitrogens is 1. The summed E-state index contributed by atoms with van der Waals surface area (Å²) < 4.78 is 4.93. The maximum Gasteiger partial charge on any atom is 0.128 e. The number of halogens is 1. The molecule has 8 heteroatoms. The zero-order chi connectivity index (χ0) is 17.7. The molecule has 0 aromatic heterocycles. The van der Waals surface area contributed by atoms with Crippen LogP contribution in [-0.2, 0) is 4.79 Å². The topological polar surface area (TPSA) is 114 Å². The third-order valence-corrected chi connectivity index (χ3v) is 3.13. The van der Waals surface area contributed by atoms with Crippen LogP contribution in [0.25, 0.3) is 0 Å². The number of aliphatic hydroxyl groups excluding tert-OH is 3. The number of aliphatic carboxylic acids is 1. The van der Waals surface area contributed by atoms with E-state index in [-0.39, 0.29) is 19.8 Å². The molecule has 1 rings (SSSR count). The summed E-state index contributed by atoms with van der Waals surface area (Å²) in [7, 11) is 0. The first-order valence-electron chi connectivity index (χ1n) is 7.19. The molecule has 1 aromatic rings. The molecule has 0 bridgehead atoms. The van der Waals surface area contributed by atoms with Crippen LogP contribution in [0.1, 0.15) is 5.56 Å². The molecule has 4 N–H and O–H groups in total. The van der Waals surface area contributed by atoms with Gasteiger partial charge in [0.2, 0.25) is 0 Å². The Balaban J connectivity index is 0.000000438. The summed E-state index contributed by atoms with van der Waals surface area (Å²) in [6, 6.07) is 5.04. The molecule has 0 unspecified atom stereocenters. The molecular weight excluding hydrogens is 326 g/mol. The molecule has 132 valence electrons. The van der Waals surface area contributed by atoms with Gasteiger partial charge in [0.1, 0.15) is 32.0 Å². The number of carboxylic acid groups (broad SMARTS) is 1. The minimum absolute atomic E-state index is 0.106. The Morgan fingerprint density at radius 1 is 1.17 bits per heavy atom. The Morgan fingerprint density at radius 2 is 1.70 bits per heavy atom. The van der Waals surface area contributed by atoms with Crippen LogP contribution in [0.3, 0.4) is 0 Å². The van der Waals surface area contributed by atoms with Gasteiger partial charge in [-0.05, 0) is 24.6 Å². The fraction of sp³-hybridized carbons (Fsp3) is 0.533. The second kappa shape index (κ2) is 13.1. The van der Waals surface area contributed by atoms with Crippen LogP contribution in [-0.4, -0.2) is 67.4 Å². The fourth-order valence-corrected chi connectivity index (χ4v) is 1.88. The number of hydrogen-bond acceptors (Lipinski definition) is 6. The molecular formula is C15H24ClNO6. The van der Waals surface area contributed by atoms with Gasteiger partial charge >= 0.3 is 0 Å². The van der Waals surface area contributed by atoms with Crippen LogP contribution in [0.15, 0.2) is 18.2 Å². The summed E-state index contributed by atoms with van der Waals surface area (Å²) >= 11 is 5.69. The highest BCUT2D eigenvalue weighted by molar-refractivity contribution is 6.30. The molecule has 0 aliphatic heterocycles. The maximum atomic E-state index is 10.1. The molecule has 0 atom stereocenters. The van der Waals surface area contributed by atoms with E-state index in [4.69, 9.17) is 31.7 Å². The average Bonchev–Trinajstić information content (AvgIpc) is 2.49. The molecule has 0 aliphatic rings. The van der Waals surface area contributed by atoms with Crippen molar-refractivity contribution in [2.24, 2.45) is 0 Å². The molecule has 0 saturated heterocycles. The smallest absolute Gasteiger partial charge is 0.128 e. The van der Waals surface area contributed by atoms with E-state index in [2.05, 4.69) is 0 Å². The number of nitrogens with one attached hydrogen (secondary N) is 1. The summed E-state index contributed by atoms with van der Waals surface area (Å²) in [4.78, 5) is 11.1. The number of aryl methyl sites for hydroxylation is 1. The Bertz CT molecular complexity index is 443. The summed E-state index contributed by atoms with van der Waals surface area (Å²) in [6.45, 7) is 3.46. The highest BCUT2D eigenvalue weighted by Crippen LogP contribution is 2.22. The molecule has 0 aliphatic carbocycles. The quantitative estimate of drug-likeness (QED) is 0.396. The van der Waals surface area contributed by atoms with E-state index in [1.54, 1.807) is 25.1 Å². The van der Waals surface area contributed by atoms with Gasteiger partial charge in [-0.15, -0.1) is 0 Å². The van der Waals surface area contributed by atoms with Crippen LogP contribution in [0.2, 0.25) is 5.02 Å². The highest BCUT2D eigenvalue weighted by Gasteiger charge is 2.04. The van der Waals surface area contributed by atoms with Crippen molar-refractivity contribution >= 4 is 17.6 Å². The third-order valence-electron chi connectivity index (χ3n) is 2.89. The summed E-state index contributed by atoms with van der Waals surface area (Å²) in [5, 5.41) is 36.1. The first-order valence-corrected chi connectivity index (χ1v) is 7.57. The van der Waals surface area contributed by atoms with Crippen molar-refractivity contribution in [1.82, 2.24) is 0 Å². The van der Waals surface area contributed by atoms with Gasteiger partial charge in [0.15, 0.2) is 0 Å². The fourth-order valence-electron chi connectivity index (χ4n) is 1.72. The summed E-state index contributed by atoms with van der Waals surface area (Å²) in [6.07, 6.45) is 0. The minimum Gasteiger partial charge on any atom is -0.546 e. The molecule has 0 saturated carbocycles. The van der Waals surface area contributed by atoms with E-state index in [0.29, 0.717) is 30.4 Å². The lowest BCUT2D eigenvalue weighted by molar-refractivity contribution is -0.901. The Hall–Kier alpha value is -1.38. The minimum atomic E-state index is -1.25. The van der Waals surface area contributed by atoms with Crippen molar-refractivity contribution in [2.45, 2.75) is 6.92 Å². The summed E-state index contributed by atoms with van der Waals surface area (Å²) in [5.74, 6) is -0.781. The normalized spacial score (nSPS) is 10.2. The van der Waals surface area contributed by atoms with Gasteiger partial charge in [-0.2, -0.15) is 0 Å². The summed E-state index contributed by atoms with van der Waals surface area (Å²) in [5.41, 5.74) is 0.839. The maximum absolute atomic E-state index is 10.1. The lowest BCUT2D eigenvalue weighted by Crippen LogP contribution is -3.13. The number of hydrogen-bond donors (Lipinski definition) is 4. The lowest BCUT2D eigenvalue weighted by atomic mass is 10.2. The molecule has 7 nitrogen and oxygen atoms in total. The molecule has 0 heterocycles. The molecule has 0 amide bonds. The average molecular weight is 350 g/mol. The van der Waals surface area contributed by atoms with Gasteiger partial charge in [0.05, 0.1) is 25.8 Å². The number of carbonyl (C=O) groups excluding carboxylic acids is 1. The van der Waals surface area contributed by atoms with Crippen molar-refractivity contribution in [3.63, 3.8) is 0 Å². The number of carboxylic acids is 1. The number of benzene rings is 1. The van der Waals surface area contributed by atoms with E-state index in [9.17, 15) is 9.90 Å². The monoisotopic (exact) mass is 349 g/mol. The van der Waals surface area contributed by atoms with Gasteiger partial charge in [-0.1, -0.05) is 17.7 Å². The highest BCUT2D eigenvalue weighted by atomic mass is 35.5. The molecule has 0 fully saturated rings. The van der Waals surface area contributed by atoms with E-state index in [0.717, 1.165) is 10.5 Å². The zero-order valence-electron chi connectivity index (χ0n) is 13.1. The van der Waals surface area contributed by atoms with Crippen LogP contribution in [0.4, 0.5) is 0 Å². The SMILES string of the molecule is Cc1ccc(Cl)cc1OCC(=O)[O-].OCC[NH+](CCO)CCO. The number of aliphatic hydroxyl groups is 3. The van der Waals surface area contributed by atoms with Gasteiger partial charge in [-0.25, -0.2) is 0 Å². The van der Waals surface area contributed by atoms with Crippen LogP contribution in [0, 0.1) is 6.92 Å². The predicted octanol–water partition coefficient (Wildman–Crippen LogP) is -2.37. The van der Waals surface area contributed by atoms with Crippen LogP contribution < -0.4 is 14.7 Å². The molecule has 0 spiro atoms. The van der Waals surface area contributed by atoms with E-state index >= 15 is 0 Å². The Kier molecular flexibility index (Phi) is 12.3.